The second-order valence-electron chi connectivity index (χ2n) is 9.92. The monoisotopic (exact) mass is 570 g/mol. The smallest absolute Gasteiger partial charge is 0.343 e. The molecule has 2 fully saturated rings. The summed E-state index contributed by atoms with van der Waals surface area (Å²) in [7, 11) is 1.98. The molecule has 0 radical (unpaired) electrons. The molecule has 0 saturated carbocycles. The largest absolute Gasteiger partial charge is 0.416 e. The predicted octanol–water partition coefficient (Wildman–Crippen LogP) is 4.62. The number of carbonyl (C=O) groups is 2. The number of aromatic nitrogens is 1. The zero-order valence-corrected chi connectivity index (χ0v) is 22.7. The molecule has 2 aromatic rings. The molecule has 3 aliphatic rings. The van der Waals surface area contributed by atoms with Crippen molar-refractivity contribution in [3.63, 3.8) is 0 Å². The minimum Gasteiger partial charge on any atom is -0.343 e. The van der Waals surface area contributed by atoms with E-state index in [1.54, 1.807) is 12.3 Å². The van der Waals surface area contributed by atoms with Crippen LogP contribution in [-0.4, -0.2) is 65.1 Å². The van der Waals surface area contributed by atoms with Crippen molar-refractivity contribution in [2.24, 2.45) is 10.9 Å². The van der Waals surface area contributed by atoms with Crippen LogP contribution in [0.3, 0.4) is 0 Å². The van der Waals surface area contributed by atoms with Gasteiger partial charge in [-0.1, -0.05) is 18.2 Å². The van der Waals surface area contributed by atoms with Gasteiger partial charge in [-0.15, -0.1) is 0 Å². The van der Waals surface area contributed by atoms with Gasteiger partial charge in [0.15, 0.2) is 0 Å². The van der Waals surface area contributed by atoms with Gasteiger partial charge in [-0.25, -0.2) is 4.99 Å². The van der Waals surface area contributed by atoms with Crippen LogP contribution < -0.4 is 10.6 Å². The molecule has 0 aliphatic carbocycles. The topological polar surface area (TPSA) is 89.9 Å². The van der Waals surface area contributed by atoms with E-state index in [0.29, 0.717) is 40.9 Å². The third-order valence-corrected chi connectivity index (χ3v) is 7.90. The molecule has 1 aromatic carbocycles. The summed E-state index contributed by atoms with van der Waals surface area (Å²) in [6, 6.07) is 8.88. The predicted molar refractivity (Wildman–Crippen MR) is 148 cm³/mol. The summed E-state index contributed by atoms with van der Waals surface area (Å²) in [6.07, 6.45) is 2.83. The molecular formula is C28H29F3N6O2S. The average Bonchev–Trinajstić information content (AvgIpc) is 3.26. The molecular weight excluding hydrogens is 541 g/mol. The van der Waals surface area contributed by atoms with E-state index in [4.69, 9.17) is 4.99 Å². The molecule has 2 N–H and O–H groups in total. The Bertz CT molecular complexity index is 1360. The van der Waals surface area contributed by atoms with E-state index in [9.17, 15) is 22.8 Å². The van der Waals surface area contributed by atoms with E-state index in [2.05, 4.69) is 25.4 Å². The second-order valence-corrected chi connectivity index (χ2v) is 10.9. The summed E-state index contributed by atoms with van der Waals surface area (Å²) in [6.45, 7) is 3.73. The Kier molecular flexibility index (Phi) is 8.27. The number of hydrogen-bond donors (Lipinski definition) is 2. The van der Waals surface area contributed by atoms with Crippen LogP contribution in [0.2, 0.25) is 0 Å². The van der Waals surface area contributed by atoms with Crippen molar-refractivity contribution in [2.45, 2.75) is 25.6 Å². The van der Waals surface area contributed by atoms with Crippen molar-refractivity contribution in [3.05, 3.63) is 76.5 Å². The van der Waals surface area contributed by atoms with E-state index < -0.39 is 17.6 Å². The number of amides is 2. The number of guanidine groups is 1. The maximum absolute atomic E-state index is 12.9. The minimum absolute atomic E-state index is 0.351. The third kappa shape index (κ3) is 6.56. The number of hydrogen-bond acceptors (Lipinski definition) is 8. The summed E-state index contributed by atoms with van der Waals surface area (Å²) < 4.78 is 38.8. The number of piperidine rings is 1. The van der Waals surface area contributed by atoms with Gasteiger partial charge >= 0.3 is 6.18 Å². The van der Waals surface area contributed by atoms with Crippen LogP contribution in [0.1, 0.15) is 24.0 Å². The molecule has 3 aliphatic heterocycles. The normalized spacial score (nSPS) is 19.6. The fraction of sp³-hybridized carbons (Fsp3) is 0.357. The summed E-state index contributed by atoms with van der Waals surface area (Å²) in [5.41, 5.74) is 2.25. The number of benzene rings is 1. The highest BCUT2D eigenvalue weighted by Gasteiger charge is 2.30. The lowest BCUT2D eigenvalue weighted by molar-refractivity contribution is -0.137. The fourth-order valence-corrected chi connectivity index (χ4v) is 5.59. The number of alkyl halides is 3. The summed E-state index contributed by atoms with van der Waals surface area (Å²) in [4.78, 5) is 37.2. The van der Waals surface area contributed by atoms with Gasteiger partial charge in [-0.3, -0.25) is 19.9 Å². The maximum Gasteiger partial charge on any atom is 0.416 e. The molecule has 1 aromatic heterocycles. The van der Waals surface area contributed by atoms with Crippen LogP contribution in [0.25, 0.3) is 11.3 Å². The molecule has 8 nitrogen and oxygen atoms in total. The molecule has 12 heteroatoms. The van der Waals surface area contributed by atoms with Gasteiger partial charge in [0.05, 0.1) is 21.9 Å². The van der Waals surface area contributed by atoms with Gasteiger partial charge in [0.1, 0.15) is 0 Å². The fourth-order valence-electron chi connectivity index (χ4n) is 4.92. The zero-order valence-electron chi connectivity index (χ0n) is 21.9. The first kappa shape index (κ1) is 27.9. The quantitative estimate of drug-likeness (QED) is 0.490. The second kappa shape index (κ2) is 11.8. The van der Waals surface area contributed by atoms with Gasteiger partial charge < -0.3 is 15.1 Å². The van der Waals surface area contributed by atoms with Crippen molar-refractivity contribution in [3.8, 4) is 11.3 Å². The molecule has 0 unspecified atom stereocenters. The number of halogens is 3. The van der Waals surface area contributed by atoms with Crippen LogP contribution in [0, 0.1) is 5.92 Å². The lowest BCUT2D eigenvalue weighted by Crippen LogP contribution is -2.48. The number of allylic oxidation sites excluding steroid dienone is 1. The number of carbonyl (C=O) groups excluding carboxylic acids is 2. The number of thioether (sulfide) groups is 1. The Morgan fingerprint density at radius 1 is 1.15 bits per heavy atom. The van der Waals surface area contributed by atoms with Crippen molar-refractivity contribution < 1.29 is 22.8 Å². The maximum atomic E-state index is 12.9. The molecule has 40 heavy (non-hydrogen) atoms. The van der Waals surface area contributed by atoms with E-state index in [1.807, 2.05) is 25.3 Å². The highest BCUT2D eigenvalue weighted by molar-refractivity contribution is 8.18. The van der Waals surface area contributed by atoms with Crippen LogP contribution in [-0.2, 0) is 17.5 Å². The Labute approximate surface area is 234 Å². The van der Waals surface area contributed by atoms with E-state index in [1.165, 1.54) is 12.1 Å². The average molecular weight is 571 g/mol. The van der Waals surface area contributed by atoms with Crippen LogP contribution >= 0.6 is 11.8 Å². The molecule has 0 bridgehead atoms. The van der Waals surface area contributed by atoms with Crippen LogP contribution in [0.5, 0.6) is 0 Å². The van der Waals surface area contributed by atoms with Gasteiger partial charge in [-0.2, -0.15) is 13.2 Å². The van der Waals surface area contributed by atoms with Crippen molar-refractivity contribution in [2.75, 3.05) is 33.2 Å². The van der Waals surface area contributed by atoms with Gasteiger partial charge in [-0.05, 0) is 73.0 Å². The number of aliphatic imine (C=N–C) groups is 1. The van der Waals surface area contributed by atoms with E-state index in [0.717, 1.165) is 67.9 Å². The Morgan fingerprint density at radius 2 is 1.90 bits per heavy atom. The number of imide groups is 1. The SMILES string of the molecule is CN1CC=C(/C=C2\SC(=O)NC2=O)N=C1N1CCC(CNCc2cccnc2-c2ccc(C(F)(F)F)cc2)CC1. The molecule has 0 atom stereocenters. The highest BCUT2D eigenvalue weighted by atomic mass is 32.2. The number of likely N-dealkylation sites (tertiary alicyclic amines) is 1. The summed E-state index contributed by atoms with van der Waals surface area (Å²) in [5, 5.41) is 5.40. The molecule has 2 saturated heterocycles. The summed E-state index contributed by atoms with van der Waals surface area (Å²) >= 11 is 0.884. The van der Waals surface area contributed by atoms with Crippen LogP contribution in [0.4, 0.5) is 18.0 Å². The first-order chi connectivity index (χ1) is 19.2. The van der Waals surface area contributed by atoms with Crippen molar-refractivity contribution >= 4 is 28.9 Å². The Hall–Kier alpha value is -3.64. The minimum atomic E-state index is -4.37. The number of pyridine rings is 1. The van der Waals surface area contributed by atoms with Gasteiger partial charge in [0, 0.05) is 45.0 Å². The number of nitrogens with zero attached hydrogens (tertiary/aromatic N) is 4. The van der Waals surface area contributed by atoms with Gasteiger partial charge in [0.2, 0.25) is 5.96 Å². The molecule has 4 heterocycles. The highest BCUT2D eigenvalue weighted by Crippen LogP contribution is 2.31. The van der Waals surface area contributed by atoms with Gasteiger partial charge in [0.25, 0.3) is 11.1 Å². The molecule has 0 spiro atoms. The van der Waals surface area contributed by atoms with E-state index >= 15 is 0 Å². The Morgan fingerprint density at radius 3 is 2.58 bits per heavy atom. The number of likely N-dealkylation sites (N-methyl/N-ethyl adjacent to an activating group) is 1. The first-order valence-electron chi connectivity index (χ1n) is 13.0. The number of rotatable bonds is 6. The number of nitrogens with one attached hydrogen (secondary N) is 2. The first-order valence-corrected chi connectivity index (χ1v) is 13.8. The lowest BCUT2D eigenvalue weighted by atomic mass is 9.96. The molecule has 5 rings (SSSR count). The van der Waals surface area contributed by atoms with Crippen LogP contribution in [0.15, 0.2) is 70.3 Å². The Balaban J connectivity index is 1.14. The lowest BCUT2D eigenvalue weighted by Gasteiger charge is -2.38. The third-order valence-electron chi connectivity index (χ3n) is 7.09. The van der Waals surface area contributed by atoms with E-state index in [-0.39, 0.29) is 5.24 Å². The standard InChI is InChI=1S/C28H29F3N6O2S/c1-36-12-10-22(15-23-25(38)35-27(39)40-23)34-26(36)37-13-8-18(9-14-37)16-32-17-20-3-2-11-33-24(20)19-4-6-21(7-5-19)28(29,30)31/h2-7,10-11,15,18,32H,8-9,12-14,16-17H2,1H3,(H,35,38,39)/b23-15-. The van der Waals surface area contributed by atoms with Crippen molar-refractivity contribution in [1.29, 1.82) is 0 Å². The van der Waals surface area contributed by atoms with Crippen molar-refractivity contribution in [1.82, 2.24) is 25.4 Å². The molecule has 2 amide bonds. The zero-order chi connectivity index (χ0) is 28.3. The molecule has 210 valence electrons. The summed E-state index contributed by atoms with van der Waals surface area (Å²) in [5.74, 6) is 0.934.